The molecule has 19 heavy (non-hydrogen) atoms. The third-order valence-electron chi connectivity index (χ3n) is 4.53. The Labute approximate surface area is 115 Å². The highest BCUT2D eigenvalue weighted by molar-refractivity contribution is 5.79. The van der Waals surface area contributed by atoms with E-state index in [4.69, 9.17) is 4.98 Å². The highest BCUT2D eigenvalue weighted by Crippen LogP contribution is 2.30. The van der Waals surface area contributed by atoms with Gasteiger partial charge in [0.05, 0.1) is 17.1 Å². The number of para-hydroxylation sites is 1. The lowest BCUT2D eigenvalue weighted by atomic mass is 9.90. The number of imidazole rings is 1. The van der Waals surface area contributed by atoms with Crippen LogP contribution in [0.2, 0.25) is 0 Å². The minimum Gasteiger partial charge on any atom is -0.330 e. The zero-order chi connectivity index (χ0) is 13.4. The molecule has 102 valence electrons. The standard InChI is InChI=1S/C16H23N3/c1-4-12-8-9-17-14(10-12)16-18-13-7-5-6-11(2)15(13)19(16)3/h5-7,12,14,17H,4,8-10H2,1-3H3. The molecule has 1 aliphatic rings. The summed E-state index contributed by atoms with van der Waals surface area (Å²) in [6, 6.07) is 6.79. The first-order chi connectivity index (χ1) is 9.20. The van der Waals surface area contributed by atoms with E-state index in [-0.39, 0.29) is 0 Å². The molecule has 1 aromatic heterocycles. The number of nitrogens with one attached hydrogen (secondary N) is 1. The van der Waals surface area contributed by atoms with Gasteiger partial charge in [0.1, 0.15) is 5.82 Å². The molecule has 3 rings (SSSR count). The number of piperidine rings is 1. The minimum absolute atomic E-state index is 0.412. The van der Waals surface area contributed by atoms with Crippen molar-refractivity contribution in [3.8, 4) is 0 Å². The summed E-state index contributed by atoms with van der Waals surface area (Å²) in [5.74, 6) is 2.04. The molecule has 1 saturated heterocycles. The third-order valence-corrected chi connectivity index (χ3v) is 4.53. The molecule has 0 saturated carbocycles. The lowest BCUT2D eigenvalue weighted by molar-refractivity contribution is 0.288. The van der Waals surface area contributed by atoms with Crippen molar-refractivity contribution in [2.24, 2.45) is 13.0 Å². The molecule has 0 bridgehead atoms. The van der Waals surface area contributed by atoms with Crippen LogP contribution in [0, 0.1) is 12.8 Å². The van der Waals surface area contributed by atoms with Crippen LogP contribution in [-0.4, -0.2) is 16.1 Å². The van der Waals surface area contributed by atoms with Crippen LogP contribution in [0.25, 0.3) is 11.0 Å². The van der Waals surface area contributed by atoms with Crippen molar-refractivity contribution < 1.29 is 0 Å². The van der Waals surface area contributed by atoms with Crippen LogP contribution >= 0.6 is 0 Å². The molecule has 0 aliphatic carbocycles. The third kappa shape index (κ3) is 2.16. The van der Waals surface area contributed by atoms with Crippen LogP contribution in [0.15, 0.2) is 18.2 Å². The van der Waals surface area contributed by atoms with E-state index in [1.54, 1.807) is 0 Å². The number of benzene rings is 1. The molecule has 1 N–H and O–H groups in total. The largest absolute Gasteiger partial charge is 0.330 e. The van der Waals surface area contributed by atoms with Gasteiger partial charge < -0.3 is 9.88 Å². The molecule has 1 fully saturated rings. The Hall–Kier alpha value is -1.35. The van der Waals surface area contributed by atoms with Crippen LogP contribution < -0.4 is 5.32 Å². The number of fused-ring (bicyclic) bond motifs is 1. The average molecular weight is 257 g/mol. The summed E-state index contributed by atoms with van der Waals surface area (Å²) in [4.78, 5) is 4.87. The minimum atomic E-state index is 0.412. The second kappa shape index (κ2) is 4.97. The topological polar surface area (TPSA) is 29.9 Å². The number of hydrogen-bond acceptors (Lipinski definition) is 2. The van der Waals surface area contributed by atoms with Gasteiger partial charge in [0, 0.05) is 7.05 Å². The second-order valence-corrected chi connectivity index (χ2v) is 5.78. The van der Waals surface area contributed by atoms with E-state index in [9.17, 15) is 0 Å². The van der Waals surface area contributed by atoms with Gasteiger partial charge in [-0.05, 0) is 43.9 Å². The highest BCUT2D eigenvalue weighted by Gasteiger charge is 2.25. The quantitative estimate of drug-likeness (QED) is 0.894. The van der Waals surface area contributed by atoms with E-state index in [1.807, 2.05) is 0 Å². The van der Waals surface area contributed by atoms with Gasteiger partial charge in [-0.15, -0.1) is 0 Å². The first-order valence-corrected chi connectivity index (χ1v) is 7.36. The van der Waals surface area contributed by atoms with Crippen LogP contribution in [0.1, 0.15) is 43.6 Å². The van der Waals surface area contributed by atoms with Crippen molar-refractivity contribution in [3.63, 3.8) is 0 Å². The summed E-state index contributed by atoms with van der Waals surface area (Å²) in [5.41, 5.74) is 3.71. The summed E-state index contributed by atoms with van der Waals surface area (Å²) < 4.78 is 2.28. The summed E-state index contributed by atoms with van der Waals surface area (Å²) in [6.45, 7) is 5.58. The lowest BCUT2D eigenvalue weighted by Gasteiger charge is -2.29. The maximum Gasteiger partial charge on any atom is 0.126 e. The molecule has 2 heterocycles. The smallest absolute Gasteiger partial charge is 0.126 e. The fraction of sp³-hybridized carbons (Fsp3) is 0.562. The number of nitrogens with zero attached hydrogens (tertiary/aromatic N) is 2. The maximum atomic E-state index is 4.87. The molecule has 3 heteroatoms. The summed E-state index contributed by atoms with van der Waals surface area (Å²) in [7, 11) is 2.15. The molecule has 1 aliphatic heterocycles. The molecule has 0 amide bonds. The fourth-order valence-corrected chi connectivity index (χ4v) is 3.36. The van der Waals surface area contributed by atoms with Crippen LogP contribution in [0.3, 0.4) is 0 Å². The molecule has 0 radical (unpaired) electrons. The van der Waals surface area contributed by atoms with Crippen LogP contribution in [0.5, 0.6) is 0 Å². The van der Waals surface area contributed by atoms with E-state index >= 15 is 0 Å². The van der Waals surface area contributed by atoms with Crippen LogP contribution in [0.4, 0.5) is 0 Å². The maximum absolute atomic E-state index is 4.87. The Morgan fingerprint density at radius 3 is 3.00 bits per heavy atom. The van der Waals surface area contributed by atoms with E-state index < -0.39 is 0 Å². The van der Waals surface area contributed by atoms with Gasteiger partial charge in [0.25, 0.3) is 0 Å². The predicted octanol–water partition coefficient (Wildman–Crippen LogP) is 3.33. The van der Waals surface area contributed by atoms with Crippen molar-refractivity contribution in [1.29, 1.82) is 0 Å². The van der Waals surface area contributed by atoms with Crippen molar-refractivity contribution in [2.45, 2.75) is 39.2 Å². The van der Waals surface area contributed by atoms with Gasteiger partial charge in [0.15, 0.2) is 0 Å². The zero-order valence-electron chi connectivity index (χ0n) is 12.1. The van der Waals surface area contributed by atoms with Gasteiger partial charge in [-0.3, -0.25) is 0 Å². The van der Waals surface area contributed by atoms with E-state index in [0.29, 0.717) is 6.04 Å². The molecule has 0 spiro atoms. The molecular weight excluding hydrogens is 234 g/mol. The van der Waals surface area contributed by atoms with Crippen molar-refractivity contribution >= 4 is 11.0 Å². The van der Waals surface area contributed by atoms with E-state index in [0.717, 1.165) is 18.0 Å². The zero-order valence-corrected chi connectivity index (χ0v) is 12.1. The van der Waals surface area contributed by atoms with Crippen LogP contribution in [-0.2, 0) is 7.05 Å². The molecule has 2 atom stereocenters. The Kier molecular flexibility index (Phi) is 3.31. The summed E-state index contributed by atoms with van der Waals surface area (Å²) in [6.07, 6.45) is 3.80. The van der Waals surface area contributed by atoms with Gasteiger partial charge in [0.2, 0.25) is 0 Å². The van der Waals surface area contributed by atoms with Gasteiger partial charge in [-0.2, -0.15) is 0 Å². The monoisotopic (exact) mass is 257 g/mol. The number of hydrogen-bond donors (Lipinski definition) is 1. The van der Waals surface area contributed by atoms with E-state index in [2.05, 4.69) is 49.0 Å². The lowest BCUT2D eigenvalue weighted by Crippen LogP contribution is -2.33. The molecule has 3 nitrogen and oxygen atoms in total. The Bertz CT molecular complexity index is 585. The molecule has 2 aromatic rings. The number of aromatic nitrogens is 2. The first-order valence-electron chi connectivity index (χ1n) is 7.36. The fourth-order valence-electron chi connectivity index (χ4n) is 3.36. The van der Waals surface area contributed by atoms with E-state index in [1.165, 1.54) is 36.2 Å². The van der Waals surface area contributed by atoms with Gasteiger partial charge in [-0.25, -0.2) is 4.98 Å². The Balaban J connectivity index is 2.01. The predicted molar refractivity (Wildman–Crippen MR) is 79.2 cm³/mol. The molecule has 1 aromatic carbocycles. The Morgan fingerprint density at radius 2 is 2.26 bits per heavy atom. The second-order valence-electron chi connectivity index (χ2n) is 5.78. The van der Waals surface area contributed by atoms with Gasteiger partial charge in [-0.1, -0.05) is 25.5 Å². The molecule has 2 unspecified atom stereocenters. The number of aryl methyl sites for hydroxylation is 2. The first kappa shape index (κ1) is 12.7. The SMILES string of the molecule is CCC1CCNC(c2nc3cccc(C)c3n2C)C1. The summed E-state index contributed by atoms with van der Waals surface area (Å²) in [5, 5.41) is 3.64. The summed E-state index contributed by atoms with van der Waals surface area (Å²) >= 11 is 0. The van der Waals surface area contributed by atoms with Crippen molar-refractivity contribution in [1.82, 2.24) is 14.9 Å². The van der Waals surface area contributed by atoms with Crippen molar-refractivity contribution in [2.75, 3.05) is 6.54 Å². The molecular formula is C16H23N3. The average Bonchev–Trinajstić information content (AvgIpc) is 2.77. The van der Waals surface area contributed by atoms with Crippen molar-refractivity contribution in [3.05, 3.63) is 29.6 Å². The van der Waals surface area contributed by atoms with Gasteiger partial charge >= 0.3 is 0 Å². The normalized spacial score (nSPS) is 23.9. The highest BCUT2D eigenvalue weighted by atomic mass is 15.1. The number of rotatable bonds is 2. The Morgan fingerprint density at radius 1 is 1.42 bits per heavy atom.